The molecule has 1 aliphatic carbocycles. The quantitative estimate of drug-likeness (QED) is 0.904. The number of carboxylic acid groups (broad SMARTS) is 1. The molecule has 2 N–H and O–H groups in total. The fourth-order valence-electron chi connectivity index (χ4n) is 2.42. The van der Waals surface area contributed by atoms with Gasteiger partial charge < -0.3 is 14.8 Å². The number of hydrogen-bond donors (Lipinski definition) is 2. The molecule has 6 heteroatoms. The Morgan fingerprint density at radius 3 is 2.81 bits per heavy atom. The van der Waals surface area contributed by atoms with E-state index in [0.717, 1.165) is 43.2 Å². The Balaban J connectivity index is 1.76. The SMILES string of the molecule is O=C(O)c1coc(C(=O)Nc2cnc3c(c2)CCCC3)c1. The zero-order chi connectivity index (χ0) is 14.8. The highest BCUT2D eigenvalue weighted by molar-refractivity contribution is 6.03. The molecule has 3 rings (SSSR count). The highest BCUT2D eigenvalue weighted by Gasteiger charge is 2.16. The number of anilines is 1. The Bertz CT molecular complexity index is 705. The topological polar surface area (TPSA) is 92.4 Å². The Morgan fingerprint density at radius 2 is 2.05 bits per heavy atom. The van der Waals surface area contributed by atoms with Gasteiger partial charge in [-0.05, 0) is 37.3 Å². The third-order valence-electron chi connectivity index (χ3n) is 3.50. The second-order valence-electron chi connectivity index (χ2n) is 5.00. The number of rotatable bonds is 3. The average molecular weight is 286 g/mol. The summed E-state index contributed by atoms with van der Waals surface area (Å²) in [5.41, 5.74) is 2.78. The molecule has 0 saturated carbocycles. The van der Waals surface area contributed by atoms with Gasteiger partial charge in [0, 0.05) is 11.8 Å². The largest absolute Gasteiger partial charge is 0.478 e. The van der Waals surface area contributed by atoms with Gasteiger partial charge in [0.25, 0.3) is 5.91 Å². The lowest BCUT2D eigenvalue weighted by molar-refractivity contribution is 0.0696. The molecular weight excluding hydrogens is 272 g/mol. The van der Waals surface area contributed by atoms with Crippen LogP contribution in [0.15, 0.2) is 29.0 Å². The van der Waals surface area contributed by atoms with Crippen LogP contribution in [0.5, 0.6) is 0 Å². The summed E-state index contributed by atoms with van der Waals surface area (Å²) in [6.45, 7) is 0. The van der Waals surface area contributed by atoms with E-state index in [-0.39, 0.29) is 11.3 Å². The number of aromatic nitrogens is 1. The van der Waals surface area contributed by atoms with Crippen LogP contribution in [0.3, 0.4) is 0 Å². The molecule has 21 heavy (non-hydrogen) atoms. The fraction of sp³-hybridized carbons (Fsp3) is 0.267. The zero-order valence-corrected chi connectivity index (χ0v) is 11.3. The molecule has 0 bridgehead atoms. The van der Waals surface area contributed by atoms with E-state index in [1.807, 2.05) is 6.07 Å². The molecule has 1 amide bonds. The van der Waals surface area contributed by atoms with Crippen molar-refractivity contribution in [2.24, 2.45) is 0 Å². The first kappa shape index (κ1) is 13.4. The van der Waals surface area contributed by atoms with Crippen LogP contribution < -0.4 is 5.32 Å². The summed E-state index contributed by atoms with van der Waals surface area (Å²) < 4.78 is 4.96. The summed E-state index contributed by atoms with van der Waals surface area (Å²) in [7, 11) is 0. The van der Waals surface area contributed by atoms with Crippen molar-refractivity contribution in [2.45, 2.75) is 25.7 Å². The highest BCUT2D eigenvalue weighted by Crippen LogP contribution is 2.22. The second-order valence-corrected chi connectivity index (χ2v) is 5.00. The van der Waals surface area contributed by atoms with Crippen LogP contribution in [0.4, 0.5) is 5.69 Å². The van der Waals surface area contributed by atoms with Crippen molar-refractivity contribution in [3.63, 3.8) is 0 Å². The minimum atomic E-state index is -1.13. The monoisotopic (exact) mass is 286 g/mol. The lowest BCUT2D eigenvalue weighted by atomic mass is 9.96. The smallest absolute Gasteiger partial charge is 0.338 e. The summed E-state index contributed by atoms with van der Waals surface area (Å²) in [4.78, 5) is 27.1. The van der Waals surface area contributed by atoms with Crippen molar-refractivity contribution in [1.82, 2.24) is 4.98 Å². The maximum atomic E-state index is 12.0. The van der Waals surface area contributed by atoms with Gasteiger partial charge in [-0.1, -0.05) is 0 Å². The van der Waals surface area contributed by atoms with Gasteiger partial charge in [0.05, 0.1) is 17.4 Å². The van der Waals surface area contributed by atoms with Gasteiger partial charge >= 0.3 is 5.97 Å². The van der Waals surface area contributed by atoms with Crippen molar-refractivity contribution in [1.29, 1.82) is 0 Å². The summed E-state index contributed by atoms with van der Waals surface area (Å²) in [6.07, 6.45) is 6.88. The van der Waals surface area contributed by atoms with Gasteiger partial charge in [-0.15, -0.1) is 0 Å². The number of amides is 1. The van der Waals surface area contributed by atoms with E-state index in [0.29, 0.717) is 5.69 Å². The van der Waals surface area contributed by atoms with Crippen molar-refractivity contribution in [2.75, 3.05) is 5.32 Å². The third kappa shape index (κ3) is 2.79. The fourth-order valence-corrected chi connectivity index (χ4v) is 2.42. The van der Waals surface area contributed by atoms with Crippen LogP contribution in [0.25, 0.3) is 0 Å². The van der Waals surface area contributed by atoms with Gasteiger partial charge in [0.2, 0.25) is 0 Å². The van der Waals surface area contributed by atoms with Crippen LogP contribution in [0.2, 0.25) is 0 Å². The number of aryl methyl sites for hydroxylation is 2. The van der Waals surface area contributed by atoms with E-state index < -0.39 is 11.9 Å². The predicted octanol–water partition coefficient (Wildman–Crippen LogP) is 2.50. The standard InChI is InChI=1S/C15H14N2O4/c18-14(13-6-10(8-21-13)15(19)20)17-11-5-9-3-1-2-4-12(9)16-7-11/h5-8H,1-4H2,(H,17,18)(H,19,20). The predicted molar refractivity (Wildman–Crippen MR) is 74.5 cm³/mol. The number of fused-ring (bicyclic) bond motifs is 1. The molecule has 0 aromatic carbocycles. The normalized spacial score (nSPS) is 13.5. The molecule has 0 aliphatic heterocycles. The van der Waals surface area contributed by atoms with E-state index >= 15 is 0 Å². The number of carbonyl (C=O) groups is 2. The number of carboxylic acids is 1. The van der Waals surface area contributed by atoms with E-state index in [1.54, 1.807) is 6.20 Å². The van der Waals surface area contributed by atoms with Crippen LogP contribution in [0, 0.1) is 0 Å². The van der Waals surface area contributed by atoms with Gasteiger partial charge in [0.15, 0.2) is 5.76 Å². The van der Waals surface area contributed by atoms with E-state index in [9.17, 15) is 9.59 Å². The maximum Gasteiger partial charge on any atom is 0.338 e. The van der Waals surface area contributed by atoms with Gasteiger partial charge in [-0.25, -0.2) is 4.79 Å². The Morgan fingerprint density at radius 1 is 1.24 bits per heavy atom. The van der Waals surface area contributed by atoms with Crippen molar-refractivity contribution < 1.29 is 19.1 Å². The lowest BCUT2D eigenvalue weighted by Gasteiger charge is -2.15. The molecule has 2 heterocycles. The van der Waals surface area contributed by atoms with Crippen LogP contribution >= 0.6 is 0 Å². The summed E-state index contributed by atoms with van der Waals surface area (Å²) >= 11 is 0. The maximum absolute atomic E-state index is 12.0. The van der Waals surface area contributed by atoms with E-state index in [4.69, 9.17) is 9.52 Å². The van der Waals surface area contributed by atoms with Crippen LogP contribution in [0.1, 0.15) is 45.0 Å². The van der Waals surface area contributed by atoms with E-state index in [1.165, 1.54) is 6.07 Å². The number of carbonyl (C=O) groups excluding carboxylic acids is 1. The Kier molecular flexibility index (Phi) is 3.43. The molecule has 1 aliphatic rings. The Labute approximate surface area is 120 Å². The summed E-state index contributed by atoms with van der Waals surface area (Å²) in [5.74, 6) is -1.65. The van der Waals surface area contributed by atoms with Gasteiger partial charge in [-0.2, -0.15) is 0 Å². The van der Waals surface area contributed by atoms with Crippen molar-refractivity contribution in [3.8, 4) is 0 Å². The molecule has 0 fully saturated rings. The molecule has 0 saturated heterocycles. The highest BCUT2D eigenvalue weighted by atomic mass is 16.4. The number of hydrogen-bond acceptors (Lipinski definition) is 4. The number of nitrogens with one attached hydrogen (secondary N) is 1. The van der Waals surface area contributed by atoms with E-state index in [2.05, 4.69) is 10.3 Å². The first-order valence-corrected chi connectivity index (χ1v) is 6.74. The van der Waals surface area contributed by atoms with Gasteiger partial charge in [0.1, 0.15) is 6.26 Å². The second kappa shape index (κ2) is 5.40. The number of pyridine rings is 1. The minimum Gasteiger partial charge on any atom is -0.478 e. The minimum absolute atomic E-state index is 0.0369. The van der Waals surface area contributed by atoms with Crippen molar-refractivity contribution in [3.05, 3.63) is 47.2 Å². The first-order chi connectivity index (χ1) is 10.1. The van der Waals surface area contributed by atoms with Crippen LogP contribution in [-0.4, -0.2) is 22.0 Å². The Hall–Kier alpha value is -2.63. The summed E-state index contributed by atoms with van der Waals surface area (Å²) in [5, 5.41) is 11.5. The van der Waals surface area contributed by atoms with Crippen LogP contribution in [-0.2, 0) is 12.8 Å². The van der Waals surface area contributed by atoms with Gasteiger partial charge in [-0.3, -0.25) is 9.78 Å². The van der Waals surface area contributed by atoms with Crippen molar-refractivity contribution >= 4 is 17.6 Å². The molecular formula is C15H14N2O4. The number of nitrogens with zero attached hydrogens (tertiary/aromatic N) is 1. The molecule has 6 nitrogen and oxygen atoms in total. The molecule has 2 aromatic heterocycles. The lowest BCUT2D eigenvalue weighted by Crippen LogP contribution is -2.13. The third-order valence-corrected chi connectivity index (χ3v) is 3.50. The molecule has 0 unspecified atom stereocenters. The zero-order valence-electron chi connectivity index (χ0n) is 11.3. The first-order valence-electron chi connectivity index (χ1n) is 6.74. The molecule has 2 aromatic rings. The molecule has 0 spiro atoms. The number of aromatic carboxylic acids is 1. The molecule has 108 valence electrons. The summed E-state index contributed by atoms with van der Waals surface area (Å²) in [6, 6.07) is 3.12. The molecule has 0 radical (unpaired) electrons. The number of furan rings is 1. The average Bonchev–Trinajstić information content (AvgIpc) is 2.97. The molecule has 0 atom stereocenters.